The van der Waals surface area contributed by atoms with Crippen LogP contribution < -0.4 is 10.1 Å². The van der Waals surface area contributed by atoms with Crippen LogP contribution in [0.1, 0.15) is 49.5 Å². The first kappa shape index (κ1) is 24.6. The van der Waals surface area contributed by atoms with Crippen molar-refractivity contribution in [2.75, 3.05) is 19.6 Å². The molecule has 0 radical (unpaired) electrons. The number of fused-ring (bicyclic) bond motifs is 2. The Bertz CT molecular complexity index is 1160. The highest BCUT2D eigenvalue weighted by Crippen LogP contribution is 2.28. The Labute approximate surface area is 207 Å². The van der Waals surface area contributed by atoms with Crippen molar-refractivity contribution in [2.45, 2.75) is 51.7 Å². The van der Waals surface area contributed by atoms with E-state index in [1.54, 1.807) is 4.90 Å². The monoisotopic (exact) mass is 474 g/mol. The van der Waals surface area contributed by atoms with Gasteiger partial charge in [0.25, 0.3) is 5.91 Å². The molecule has 4 rings (SSSR count). The molecule has 0 fully saturated rings. The number of hydrogen-bond donors (Lipinski definition) is 1. The number of carbonyl (C=O) groups excluding carboxylic acids is 2. The van der Waals surface area contributed by atoms with Gasteiger partial charge >= 0.3 is 6.09 Å². The van der Waals surface area contributed by atoms with Crippen LogP contribution in [0.3, 0.4) is 0 Å². The zero-order chi connectivity index (χ0) is 24.8. The van der Waals surface area contributed by atoms with Crippen molar-refractivity contribution in [3.63, 3.8) is 0 Å². The van der Waals surface area contributed by atoms with E-state index < -0.39 is 5.60 Å². The van der Waals surface area contributed by atoms with Crippen LogP contribution in [0.15, 0.2) is 66.7 Å². The minimum atomic E-state index is -0.567. The summed E-state index contributed by atoms with van der Waals surface area (Å²) >= 11 is 0. The van der Waals surface area contributed by atoms with Crippen molar-refractivity contribution in [3.8, 4) is 5.75 Å². The van der Waals surface area contributed by atoms with Crippen molar-refractivity contribution in [3.05, 3.63) is 77.9 Å². The van der Waals surface area contributed by atoms with Crippen LogP contribution in [0.5, 0.6) is 5.75 Å². The summed E-state index contributed by atoms with van der Waals surface area (Å²) in [5, 5.41) is 5.15. The smallest absolute Gasteiger partial charge is 0.410 e. The van der Waals surface area contributed by atoms with Crippen molar-refractivity contribution in [1.82, 2.24) is 10.2 Å². The maximum atomic E-state index is 12.9. The highest BCUT2D eigenvalue weighted by Gasteiger charge is 2.29. The van der Waals surface area contributed by atoms with E-state index in [0.717, 1.165) is 41.3 Å². The Morgan fingerprint density at radius 2 is 1.74 bits per heavy atom. The van der Waals surface area contributed by atoms with Crippen LogP contribution in [0.4, 0.5) is 4.79 Å². The summed E-state index contributed by atoms with van der Waals surface area (Å²) in [6.07, 6.45) is 1.85. The third kappa shape index (κ3) is 6.75. The van der Waals surface area contributed by atoms with E-state index in [4.69, 9.17) is 9.47 Å². The van der Waals surface area contributed by atoms with E-state index in [0.29, 0.717) is 25.2 Å². The fraction of sp³-hybridized carbons (Fsp3) is 0.379. The number of unbranched alkanes of at least 4 members (excludes halogenated alkanes) is 1. The highest BCUT2D eigenvalue weighted by molar-refractivity contribution is 5.98. The minimum Gasteiger partial charge on any atom is -0.488 e. The molecule has 0 saturated carbocycles. The van der Waals surface area contributed by atoms with Gasteiger partial charge in [-0.1, -0.05) is 48.5 Å². The van der Waals surface area contributed by atoms with E-state index in [1.165, 1.54) is 0 Å². The molecule has 6 nitrogen and oxygen atoms in total. The summed E-state index contributed by atoms with van der Waals surface area (Å²) in [6, 6.07) is 21.7. The van der Waals surface area contributed by atoms with Crippen LogP contribution in [-0.4, -0.2) is 48.2 Å². The van der Waals surface area contributed by atoms with Gasteiger partial charge in [-0.25, -0.2) is 4.79 Å². The summed E-state index contributed by atoms with van der Waals surface area (Å²) in [5.41, 5.74) is 1.25. The molecule has 1 N–H and O–H groups in total. The van der Waals surface area contributed by atoms with E-state index in [1.807, 2.05) is 81.4 Å². The van der Waals surface area contributed by atoms with Gasteiger partial charge in [-0.05, 0) is 68.1 Å². The molecule has 3 aromatic carbocycles. The van der Waals surface area contributed by atoms with Gasteiger partial charge in [0.15, 0.2) is 0 Å². The zero-order valence-electron chi connectivity index (χ0n) is 20.8. The van der Waals surface area contributed by atoms with Gasteiger partial charge in [-0.2, -0.15) is 0 Å². The van der Waals surface area contributed by atoms with Crippen LogP contribution in [0.2, 0.25) is 0 Å². The summed E-state index contributed by atoms with van der Waals surface area (Å²) in [5.74, 6) is 0.801. The third-order valence-electron chi connectivity index (χ3n) is 5.94. The molecular formula is C29H34N2O4. The van der Waals surface area contributed by atoms with Gasteiger partial charge in [-0.15, -0.1) is 0 Å². The lowest BCUT2D eigenvalue weighted by molar-refractivity contribution is 0.0179. The van der Waals surface area contributed by atoms with Gasteiger partial charge in [0.05, 0.1) is 6.54 Å². The lowest BCUT2D eigenvalue weighted by atomic mass is 10.1. The molecule has 1 atom stereocenters. The summed E-state index contributed by atoms with van der Waals surface area (Å²) in [6.45, 7) is 7.15. The normalized spacial score (nSPS) is 14.8. The standard InChI is InChI=1S/C29H34N2O4/c1-29(2,3)35-28(33)31(20-25-19-23-12-6-7-13-26(23)34-25)17-9-8-16-30-27(32)24-15-14-21-10-4-5-11-22(21)18-24/h4-7,10-15,18,25H,8-9,16-17,19-20H2,1-3H3,(H,30,32). The molecule has 0 saturated heterocycles. The quantitative estimate of drug-likeness (QED) is 0.432. The van der Waals surface area contributed by atoms with Crippen LogP contribution >= 0.6 is 0 Å². The van der Waals surface area contributed by atoms with Crippen molar-refractivity contribution in [1.29, 1.82) is 0 Å². The molecule has 0 aromatic heterocycles. The molecule has 1 heterocycles. The predicted molar refractivity (Wildman–Crippen MR) is 138 cm³/mol. The first-order valence-electron chi connectivity index (χ1n) is 12.3. The Morgan fingerprint density at radius 1 is 1.00 bits per heavy atom. The molecular weight excluding hydrogens is 440 g/mol. The number of amides is 2. The maximum absolute atomic E-state index is 12.9. The van der Waals surface area contributed by atoms with E-state index >= 15 is 0 Å². The van der Waals surface area contributed by atoms with E-state index in [2.05, 4.69) is 11.4 Å². The van der Waals surface area contributed by atoms with Gasteiger partial charge in [0.1, 0.15) is 17.5 Å². The third-order valence-corrected chi connectivity index (χ3v) is 5.94. The van der Waals surface area contributed by atoms with Gasteiger partial charge in [0, 0.05) is 25.1 Å². The Balaban J connectivity index is 1.27. The Kier molecular flexibility index (Phi) is 7.59. The molecule has 0 spiro atoms. The highest BCUT2D eigenvalue weighted by atomic mass is 16.6. The molecule has 0 aliphatic carbocycles. The lowest BCUT2D eigenvalue weighted by Gasteiger charge is -2.29. The molecule has 35 heavy (non-hydrogen) atoms. The second-order valence-corrected chi connectivity index (χ2v) is 10.0. The number of para-hydroxylation sites is 1. The number of ether oxygens (including phenoxy) is 2. The molecule has 0 bridgehead atoms. The maximum Gasteiger partial charge on any atom is 0.410 e. The lowest BCUT2D eigenvalue weighted by Crippen LogP contribution is -2.43. The SMILES string of the molecule is CC(C)(C)OC(=O)N(CCCCNC(=O)c1ccc2ccccc2c1)CC1Cc2ccccc2O1. The van der Waals surface area contributed by atoms with Crippen LogP contribution in [0.25, 0.3) is 10.8 Å². The van der Waals surface area contributed by atoms with Gasteiger partial charge in [0.2, 0.25) is 0 Å². The second kappa shape index (κ2) is 10.8. The van der Waals surface area contributed by atoms with Crippen LogP contribution in [0, 0.1) is 0 Å². The average molecular weight is 475 g/mol. The summed E-state index contributed by atoms with van der Waals surface area (Å²) < 4.78 is 11.7. The van der Waals surface area contributed by atoms with Crippen molar-refractivity contribution in [2.24, 2.45) is 0 Å². The first-order chi connectivity index (χ1) is 16.8. The second-order valence-electron chi connectivity index (χ2n) is 10.0. The molecule has 1 aliphatic heterocycles. The number of benzene rings is 3. The fourth-order valence-electron chi connectivity index (χ4n) is 4.25. The zero-order valence-corrected chi connectivity index (χ0v) is 20.8. The molecule has 184 valence electrons. The molecule has 1 unspecified atom stereocenters. The van der Waals surface area contributed by atoms with Crippen LogP contribution in [-0.2, 0) is 11.2 Å². The fourth-order valence-corrected chi connectivity index (χ4v) is 4.25. The number of nitrogens with one attached hydrogen (secondary N) is 1. The summed E-state index contributed by atoms with van der Waals surface area (Å²) in [4.78, 5) is 27.2. The number of nitrogens with zero attached hydrogens (tertiary/aromatic N) is 1. The largest absolute Gasteiger partial charge is 0.488 e. The van der Waals surface area contributed by atoms with E-state index in [9.17, 15) is 9.59 Å². The molecule has 2 amide bonds. The van der Waals surface area contributed by atoms with Crippen molar-refractivity contribution < 1.29 is 19.1 Å². The van der Waals surface area contributed by atoms with Gasteiger partial charge < -0.3 is 19.7 Å². The van der Waals surface area contributed by atoms with E-state index in [-0.39, 0.29) is 18.1 Å². The summed E-state index contributed by atoms with van der Waals surface area (Å²) in [7, 11) is 0. The number of rotatable bonds is 8. The Hall–Kier alpha value is -3.54. The first-order valence-corrected chi connectivity index (χ1v) is 12.3. The average Bonchev–Trinajstić information content (AvgIpc) is 3.24. The van der Waals surface area contributed by atoms with Crippen molar-refractivity contribution >= 4 is 22.8 Å². The topological polar surface area (TPSA) is 67.9 Å². The predicted octanol–water partition coefficient (Wildman–Crippen LogP) is 5.59. The number of carbonyl (C=O) groups is 2. The van der Waals surface area contributed by atoms with Gasteiger partial charge in [-0.3, -0.25) is 4.79 Å². The number of hydrogen-bond acceptors (Lipinski definition) is 4. The molecule has 3 aromatic rings. The Morgan fingerprint density at radius 3 is 2.51 bits per heavy atom. The molecule has 6 heteroatoms. The minimum absolute atomic E-state index is 0.0862. The molecule has 1 aliphatic rings.